The van der Waals surface area contributed by atoms with Crippen LogP contribution in [-0.4, -0.2) is 36.8 Å². The minimum atomic E-state index is 0.340. The predicted octanol–water partition coefficient (Wildman–Crippen LogP) is 3.40. The third-order valence-corrected chi connectivity index (χ3v) is 4.58. The van der Waals surface area contributed by atoms with Crippen molar-refractivity contribution in [2.75, 3.05) is 7.11 Å². The molecule has 7 heteroatoms. The highest BCUT2D eigenvalue weighted by atomic mass is 16.5. The first-order chi connectivity index (χ1) is 13.2. The molecule has 0 aliphatic rings. The Bertz CT molecular complexity index is 1030. The number of hydrogen-bond acceptors (Lipinski definition) is 5. The monoisotopic (exact) mass is 360 g/mol. The summed E-state index contributed by atoms with van der Waals surface area (Å²) in [5.74, 6) is 0. The van der Waals surface area contributed by atoms with Crippen molar-refractivity contribution < 1.29 is 4.74 Å². The van der Waals surface area contributed by atoms with E-state index in [2.05, 4.69) is 36.9 Å². The van der Waals surface area contributed by atoms with E-state index in [4.69, 9.17) is 9.72 Å². The molecule has 1 aromatic carbocycles. The first-order valence-corrected chi connectivity index (χ1v) is 8.64. The van der Waals surface area contributed by atoms with Gasteiger partial charge in [-0.25, -0.2) is 15.0 Å². The van der Waals surface area contributed by atoms with Crippen LogP contribution in [-0.2, 0) is 6.54 Å². The van der Waals surface area contributed by atoms with Crippen LogP contribution in [0.5, 0.6) is 6.01 Å². The molecular formula is C20H20N6O. The number of H-pyrrole nitrogens is 1. The summed E-state index contributed by atoms with van der Waals surface area (Å²) in [6, 6.07) is 10.5. The van der Waals surface area contributed by atoms with Crippen LogP contribution in [0, 0.1) is 13.8 Å². The summed E-state index contributed by atoms with van der Waals surface area (Å²) >= 11 is 0. The number of methoxy groups -OCH3 is 1. The lowest BCUT2D eigenvalue weighted by Crippen LogP contribution is -2.03. The van der Waals surface area contributed by atoms with Gasteiger partial charge in [0, 0.05) is 34.8 Å². The molecular weight excluding hydrogens is 340 g/mol. The van der Waals surface area contributed by atoms with E-state index in [-0.39, 0.29) is 0 Å². The number of aromatic amines is 1. The fraction of sp³-hybridized carbons (Fsp3) is 0.200. The molecule has 0 unspecified atom stereocenters. The van der Waals surface area contributed by atoms with E-state index in [1.165, 1.54) is 0 Å². The van der Waals surface area contributed by atoms with Gasteiger partial charge in [-0.3, -0.25) is 5.10 Å². The lowest BCUT2D eigenvalue weighted by atomic mass is 10.1. The molecule has 0 fully saturated rings. The Labute approximate surface area is 157 Å². The summed E-state index contributed by atoms with van der Waals surface area (Å²) in [5, 5.41) is 7.35. The van der Waals surface area contributed by atoms with Crippen LogP contribution >= 0.6 is 0 Å². The second kappa shape index (κ2) is 7.03. The van der Waals surface area contributed by atoms with Gasteiger partial charge in [-0.15, -0.1) is 0 Å². The van der Waals surface area contributed by atoms with Crippen LogP contribution in [0.25, 0.3) is 22.5 Å². The molecule has 4 aromatic rings. The van der Waals surface area contributed by atoms with Gasteiger partial charge in [0.15, 0.2) is 0 Å². The number of ether oxygens (including phenoxy) is 1. The third-order valence-electron chi connectivity index (χ3n) is 4.58. The molecule has 0 atom stereocenters. The number of nitrogens with zero attached hydrogens (tertiary/aromatic N) is 5. The summed E-state index contributed by atoms with van der Waals surface area (Å²) in [6.07, 6.45) is 5.38. The van der Waals surface area contributed by atoms with Gasteiger partial charge in [0.1, 0.15) is 0 Å². The number of hydrogen-bond donors (Lipinski definition) is 1. The van der Waals surface area contributed by atoms with E-state index in [1.807, 2.05) is 38.4 Å². The number of nitrogens with one attached hydrogen (secondary N) is 1. The lowest BCUT2D eigenvalue weighted by molar-refractivity contribution is 0.380. The maximum Gasteiger partial charge on any atom is 0.316 e. The fourth-order valence-corrected chi connectivity index (χ4v) is 3.13. The molecule has 0 saturated carbocycles. The van der Waals surface area contributed by atoms with Crippen LogP contribution in [0.1, 0.15) is 17.0 Å². The highest BCUT2D eigenvalue weighted by Gasteiger charge is 2.18. The molecule has 0 amide bonds. The Morgan fingerprint density at radius 2 is 1.74 bits per heavy atom. The van der Waals surface area contributed by atoms with Gasteiger partial charge >= 0.3 is 6.01 Å². The van der Waals surface area contributed by atoms with Crippen molar-refractivity contribution in [1.82, 2.24) is 29.7 Å². The lowest BCUT2D eigenvalue weighted by Gasteiger charge is -2.11. The summed E-state index contributed by atoms with van der Waals surface area (Å²) in [5.41, 5.74) is 6.97. The maximum absolute atomic E-state index is 5.09. The average Bonchev–Trinajstić information content (AvgIpc) is 3.27. The molecule has 27 heavy (non-hydrogen) atoms. The van der Waals surface area contributed by atoms with Gasteiger partial charge in [0.2, 0.25) is 0 Å². The van der Waals surface area contributed by atoms with Crippen molar-refractivity contribution in [3.8, 4) is 28.5 Å². The number of rotatable bonds is 5. The number of benzene rings is 1. The van der Waals surface area contributed by atoms with Gasteiger partial charge in [-0.1, -0.05) is 30.3 Å². The van der Waals surface area contributed by atoms with Crippen molar-refractivity contribution in [2.45, 2.75) is 20.4 Å². The molecule has 0 bridgehead atoms. The van der Waals surface area contributed by atoms with Crippen molar-refractivity contribution in [2.24, 2.45) is 0 Å². The van der Waals surface area contributed by atoms with Gasteiger partial charge in [0.25, 0.3) is 0 Å². The topological polar surface area (TPSA) is 81.5 Å². The Balaban J connectivity index is 1.85. The zero-order chi connectivity index (χ0) is 18.8. The van der Waals surface area contributed by atoms with Crippen molar-refractivity contribution >= 4 is 0 Å². The normalized spacial score (nSPS) is 10.9. The van der Waals surface area contributed by atoms with E-state index in [1.54, 1.807) is 19.5 Å². The first-order valence-electron chi connectivity index (χ1n) is 8.64. The number of aryl methyl sites for hydroxylation is 2. The second-order valence-electron chi connectivity index (χ2n) is 6.31. The molecule has 3 heterocycles. The Hall–Kier alpha value is -3.48. The largest absolute Gasteiger partial charge is 0.467 e. The fourth-order valence-electron chi connectivity index (χ4n) is 3.13. The summed E-state index contributed by atoms with van der Waals surface area (Å²) in [6.45, 7) is 4.69. The molecule has 3 aromatic heterocycles. The average molecular weight is 360 g/mol. The van der Waals surface area contributed by atoms with E-state index >= 15 is 0 Å². The van der Waals surface area contributed by atoms with Crippen LogP contribution < -0.4 is 4.74 Å². The highest BCUT2D eigenvalue weighted by molar-refractivity contribution is 5.78. The van der Waals surface area contributed by atoms with Crippen LogP contribution in [0.4, 0.5) is 0 Å². The van der Waals surface area contributed by atoms with E-state index in [9.17, 15) is 0 Å². The molecule has 4 rings (SSSR count). The zero-order valence-corrected chi connectivity index (χ0v) is 15.5. The summed E-state index contributed by atoms with van der Waals surface area (Å²) in [7, 11) is 1.55. The van der Waals surface area contributed by atoms with Gasteiger partial charge in [0.05, 0.1) is 37.1 Å². The van der Waals surface area contributed by atoms with Gasteiger partial charge in [-0.05, 0) is 13.8 Å². The first kappa shape index (κ1) is 17.0. The summed E-state index contributed by atoms with van der Waals surface area (Å²) < 4.78 is 7.20. The SMILES string of the molecule is COc1ncc(-c2c(-c3ccccc3)ncn2Cc2c(C)n[nH]c2C)cn1. The number of imidazole rings is 1. The van der Waals surface area contributed by atoms with E-state index < -0.39 is 0 Å². The van der Waals surface area contributed by atoms with Crippen LogP contribution in [0.15, 0.2) is 49.1 Å². The zero-order valence-electron chi connectivity index (χ0n) is 15.5. The van der Waals surface area contributed by atoms with Crippen molar-refractivity contribution in [1.29, 1.82) is 0 Å². The molecule has 0 aliphatic carbocycles. The van der Waals surface area contributed by atoms with Gasteiger partial charge in [-0.2, -0.15) is 5.10 Å². The second-order valence-corrected chi connectivity index (χ2v) is 6.31. The molecule has 0 radical (unpaired) electrons. The Morgan fingerprint density at radius 1 is 1.00 bits per heavy atom. The van der Waals surface area contributed by atoms with Crippen molar-refractivity contribution in [3.05, 3.63) is 66.0 Å². The summed E-state index contributed by atoms with van der Waals surface area (Å²) in [4.78, 5) is 13.2. The maximum atomic E-state index is 5.09. The minimum absolute atomic E-state index is 0.340. The standard InChI is InChI=1S/C20H20N6O/c1-13-17(14(2)25-24-13)11-26-12-23-18(15-7-5-4-6-8-15)19(26)16-9-21-20(27-3)22-10-16/h4-10,12H,11H2,1-3H3,(H,24,25). The number of aromatic nitrogens is 6. The molecule has 0 aliphatic heterocycles. The smallest absolute Gasteiger partial charge is 0.316 e. The molecule has 0 saturated heterocycles. The predicted molar refractivity (Wildman–Crippen MR) is 102 cm³/mol. The molecule has 136 valence electrons. The van der Waals surface area contributed by atoms with Crippen LogP contribution in [0.2, 0.25) is 0 Å². The van der Waals surface area contributed by atoms with Crippen LogP contribution in [0.3, 0.4) is 0 Å². The highest BCUT2D eigenvalue weighted by Crippen LogP contribution is 2.31. The minimum Gasteiger partial charge on any atom is -0.467 e. The molecule has 7 nitrogen and oxygen atoms in total. The molecule has 1 N–H and O–H groups in total. The Kier molecular flexibility index (Phi) is 4.42. The van der Waals surface area contributed by atoms with Gasteiger partial charge < -0.3 is 9.30 Å². The van der Waals surface area contributed by atoms with E-state index in [0.29, 0.717) is 12.6 Å². The molecule has 0 spiro atoms. The quantitative estimate of drug-likeness (QED) is 0.590. The van der Waals surface area contributed by atoms with E-state index in [0.717, 1.165) is 39.5 Å². The van der Waals surface area contributed by atoms with Crippen molar-refractivity contribution in [3.63, 3.8) is 0 Å². The third kappa shape index (κ3) is 3.19. The Morgan fingerprint density at radius 3 is 2.37 bits per heavy atom.